The first-order valence-corrected chi connectivity index (χ1v) is 9.84. The molecule has 0 saturated carbocycles. The molecule has 3 rings (SSSR count). The summed E-state index contributed by atoms with van der Waals surface area (Å²) in [5.74, 6) is 1.69. The highest BCUT2D eigenvalue weighted by Crippen LogP contribution is 2.33. The van der Waals surface area contributed by atoms with Crippen LogP contribution in [0.5, 0.6) is 11.5 Å². The zero-order valence-corrected chi connectivity index (χ0v) is 18.2. The summed E-state index contributed by atoms with van der Waals surface area (Å²) in [4.78, 5) is 15.3. The zero-order chi connectivity index (χ0) is 20.6. The van der Waals surface area contributed by atoms with Gasteiger partial charge in [0.2, 0.25) is 0 Å². The minimum Gasteiger partial charge on any atom is -0.493 e. The minimum absolute atomic E-state index is 0.0353. The molecule has 0 unspecified atom stereocenters. The van der Waals surface area contributed by atoms with Gasteiger partial charge in [0.05, 0.1) is 20.8 Å². The Morgan fingerprint density at radius 1 is 1.04 bits per heavy atom. The van der Waals surface area contributed by atoms with Gasteiger partial charge in [0.1, 0.15) is 0 Å². The molecule has 5 nitrogen and oxygen atoms in total. The van der Waals surface area contributed by atoms with Crippen molar-refractivity contribution < 1.29 is 14.3 Å². The van der Waals surface area contributed by atoms with Crippen molar-refractivity contribution in [3.05, 3.63) is 46.3 Å². The van der Waals surface area contributed by atoms with E-state index >= 15 is 0 Å². The van der Waals surface area contributed by atoms with Crippen LogP contribution in [0.3, 0.4) is 0 Å². The number of aromatic nitrogens is 1. The minimum atomic E-state index is -0.0353. The lowest BCUT2D eigenvalue weighted by atomic mass is 9.98. The first kappa shape index (κ1) is 20.5. The van der Waals surface area contributed by atoms with Crippen molar-refractivity contribution in [2.75, 3.05) is 27.3 Å². The quantitative estimate of drug-likeness (QED) is 0.728. The fraction of sp³-hybridized carbons (Fsp3) is 0.522. The smallest absolute Gasteiger partial charge is 0.178 e. The highest BCUT2D eigenvalue weighted by molar-refractivity contribution is 5.99. The van der Waals surface area contributed by atoms with Gasteiger partial charge in [-0.05, 0) is 70.4 Å². The summed E-state index contributed by atoms with van der Waals surface area (Å²) in [6, 6.07) is 6.13. The number of ketones is 1. The molecule has 0 N–H and O–H groups in total. The third-order valence-corrected chi connectivity index (χ3v) is 5.57. The Kier molecular flexibility index (Phi) is 5.57. The van der Waals surface area contributed by atoms with Crippen LogP contribution in [-0.2, 0) is 18.5 Å². The molecule has 1 aliphatic rings. The lowest BCUT2D eigenvalue weighted by Gasteiger charge is -2.29. The van der Waals surface area contributed by atoms with Crippen molar-refractivity contribution in [1.82, 2.24) is 9.47 Å². The summed E-state index contributed by atoms with van der Waals surface area (Å²) in [6.07, 6.45) is 0.907. The number of fused-ring (bicyclic) bond motifs is 1. The van der Waals surface area contributed by atoms with Crippen LogP contribution in [0, 0.1) is 13.8 Å². The highest BCUT2D eigenvalue weighted by atomic mass is 16.5. The Bertz CT molecular complexity index is 890. The van der Waals surface area contributed by atoms with E-state index < -0.39 is 0 Å². The molecule has 0 atom stereocenters. The fourth-order valence-electron chi connectivity index (χ4n) is 4.44. The van der Waals surface area contributed by atoms with Gasteiger partial charge in [-0.2, -0.15) is 0 Å². The molecule has 2 aromatic rings. The first-order valence-electron chi connectivity index (χ1n) is 9.84. The largest absolute Gasteiger partial charge is 0.493 e. The maximum Gasteiger partial charge on any atom is 0.178 e. The summed E-state index contributed by atoms with van der Waals surface area (Å²) in [5.41, 5.74) is 5.47. The normalized spacial score (nSPS) is 14.7. The molecule has 152 valence electrons. The number of rotatable bonds is 5. The molecule has 0 fully saturated rings. The van der Waals surface area contributed by atoms with Crippen LogP contribution in [-0.4, -0.2) is 42.6 Å². The van der Waals surface area contributed by atoms with Crippen LogP contribution >= 0.6 is 0 Å². The molecule has 1 aliphatic heterocycles. The number of methoxy groups -OCH3 is 2. The fourth-order valence-corrected chi connectivity index (χ4v) is 4.44. The Morgan fingerprint density at radius 3 is 2.18 bits per heavy atom. The van der Waals surface area contributed by atoms with Gasteiger partial charge in [-0.15, -0.1) is 0 Å². The molecule has 0 radical (unpaired) electrons. The Morgan fingerprint density at radius 2 is 1.64 bits per heavy atom. The van der Waals surface area contributed by atoms with Crippen molar-refractivity contribution in [3.8, 4) is 11.5 Å². The van der Waals surface area contributed by atoms with Gasteiger partial charge in [-0.1, -0.05) is 0 Å². The van der Waals surface area contributed by atoms with Crippen LogP contribution in [0.2, 0.25) is 0 Å². The van der Waals surface area contributed by atoms with Crippen molar-refractivity contribution in [2.45, 2.75) is 53.1 Å². The zero-order valence-electron chi connectivity index (χ0n) is 18.2. The highest BCUT2D eigenvalue weighted by Gasteiger charge is 2.25. The maximum atomic E-state index is 13.1. The molecule has 0 amide bonds. The number of Topliss-reactive ketones (excluding diaryl/α,β-unsaturated/α-hetero) is 1. The summed E-state index contributed by atoms with van der Waals surface area (Å²) in [6.45, 7) is 12.7. The van der Waals surface area contributed by atoms with E-state index in [2.05, 4.69) is 43.2 Å². The molecule has 0 bridgehead atoms. The van der Waals surface area contributed by atoms with E-state index in [1.54, 1.807) is 14.2 Å². The van der Waals surface area contributed by atoms with Crippen molar-refractivity contribution in [2.24, 2.45) is 0 Å². The maximum absolute atomic E-state index is 13.1. The second-order valence-electron chi connectivity index (χ2n) is 8.65. The van der Waals surface area contributed by atoms with Gasteiger partial charge in [0, 0.05) is 35.6 Å². The lowest BCUT2D eigenvalue weighted by molar-refractivity contribution is 0.0920. The number of carbonyl (C=O) groups is 1. The van der Waals surface area contributed by atoms with E-state index in [4.69, 9.17) is 9.47 Å². The van der Waals surface area contributed by atoms with E-state index in [1.165, 1.54) is 11.1 Å². The standard InChI is InChI=1S/C23H32N2O3/c1-15-10-19(16(2)25(15)23(3,4)5)20(26)14-24-9-8-17-11-21(27-6)22(28-7)12-18(17)13-24/h10-12H,8-9,13-14H2,1-7H3. The average molecular weight is 385 g/mol. The van der Waals surface area contributed by atoms with Gasteiger partial charge < -0.3 is 14.0 Å². The molecular weight excluding hydrogens is 352 g/mol. The van der Waals surface area contributed by atoms with Crippen molar-refractivity contribution >= 4 is 5.78 Å². The topological polar surface area (TPSA) is 43.7 Å². The van der Waals surface area contributed by atoms with E-state index in [0.29, 0.717) is 6.54 Å². The van der Waals surface area contributed by atoms with Gasteiger partial charge >= 0.3 is 0 Å². The first-order chi connectivity index (χ1) is 13.2. The second-order valence-corrected chi connectivity index (χ2v) is 8.65. The summed E-state index contributed by atoms with van der Waals surface area (Å²) in [5, 5.41) is 0. The van der Waals surface area contributed by atoms with Gasteiger partial charge in [0.15, 0.2) is 17.3 Å². The van der Waals surface area contributed by atoms with Crippen molar-refractivity contribution in [1.29, 1.82) is 0 Å². The number of carbonyl (C=O) groups excluding carboxylic acids is 1. The van der Waals surface area contributed by atoms with E-state index in [1.807, 2.05) is 19.1 Å². The lowest BCUT2D eigenvalue weighted by Crippen LogP contribution is -2.35. The monoisotopic (exact) mass is 384 g/mol. The van der Waals surface area contributed by atoms with Gasteiger partial charge in [0.25, 0.3) is 0 Å². The van der Waals surface area contributed by atoms with Crippen LogP contribution in [0.15, 0.2) is 18.2 Å². The molecule has 0 spiro atoms. The molecular formula is C23H32N2O3. The number of hydrogen-bond donors (Lipinski definition) is 0. The van der Waals surface area contributed by atoms with E-state index in [0.717, 1.165) is 48.0 Å². The molecule has 1 aromatic carbocycles. The van der Waals surface area contributed by atoms with Gasteiger partial charge in [-0.3, -0.25) is 9.69 Å². The SMILES string of the molecule is COc1cc2c(cc1OC)CN(CC(=O)c1cc(C)n(C(C)(C)C)c1C)CC2. The number of hydrogen-bond acceptors (Lipinski definition) is 4. The average Bonchev–Trinajstić information content (AvgIpc) is 2.94. The molecule has 0 saturated heterocycles. The van der Waals surface area contributed by atoms with Crippen molar-refractivity contribution in [3.63, 3.8) is 0 Å². The predicted octanol–water partition coefficient (Wildman–Crippen LogP) is 4.12. The number of ether oxygens (including phenoxy) is 2. The number of aryl methyl sites for hydroxylation is 1. The van der Waals surface area contributed by atoms with Crippen LogP contribution in [0.4, 0.5) is 0 Å². The number of benzene rings is 1. The summed E-state index contributed by atoms with van der Waals surface area (Å²) < 4.78 is 13.1. The molecule has 2 heterocycles. The molecule has 0 aliphatic carbocycles. The van der Waals surface area contributed by atoms with Crippen LogP contribution < -0.4 is 9.47 Å². The summed E-state index contributed by atoms with van der Waals surface area (Å²) >= 11 is 0. The Hall–Kier alpha value is -2.27. The molecule has 28 heavy (non-hydrogen) atoms. The number of nitrogens with zero attached hydrogens (tertiary/aromatic N) is 2. The Labute approximate surface area is 168 Å². The Balaban J connectivity index is 1.78. The summed E-state index contributed by atoms with van der Waals surface area (Å²) in [7, 11) is 3.31. The van der Waals surface area contributed by atoms with Gasteiger partial charge in [-0.25, -0.2) is 0 Å². The molecule has 5 heteroatoms. The van der Waals surface area contributed by atoms with Crippen LogP contribution in [0.25, 0.3) is 0 Å². The second kappa shape index (κ2) is 7.63. The molecule has 1 aromatic heterocycles. The third-order valence-electron chi connectivity index (χ3n) is 5.57. The van der Waals surface area contributed by atoms with E-state index in [-0.39, 0.29) is 11.3 Å². The predicted molar refractivity (Wildman–Crippen MR) is 112 cm³/mol. The third kappa shape index (κ3) is 3.81. The van der Waals surface area contributed by atoms with Crippen LogP contribution in [0.1, 0.15) is 53.6 Å². The van der Waals surface area contributed by atoms with E-state index in [9.17, 15) is 4.79 Å².